The Morgan fingerprint density at radius 2 is 1.89 bits per heavy atom. The van der Waals surface area contributed by atoms with Gasteiger partial charge in [-0.3, -0.25) is 10.1 Å². The van der Waals surface area contributed by atoms with E-state index in [1.165, 1.54) is 12.1 Å². The SMILES string of the molecule is O=[N+]([O-])c1ccc(Cl)cc1CNc1ccccc1Cl. The van der Waals surface area contributed by atoms with Gasteiger partial charge in [0.05, 0.1) is 21.2 Å². The van der Waals surface area contributed by atoms with Crippen molar-refractivity contribution in [3.63, 3.8) is 0 Å². The first-order chi connectivity index (χ1) is 9.08. The van der Waals surface area contributed by atoms with Crippen molar-refractivity contribution in [3.05, 3.63) is 68.2 Å². The fraction of sp³-hybridized carbons (Fsp3) is 0.0769. The lowest BCUT2D eigenvalue weighted by Crippen LogP contribution is -2.03. The molecule has 6 heteroatoms. The molecule has 1 N–H and O–H groups in total. The third kappa shape index (κ3) is 3.36. The van der Waals surface area contributed by atoms with Gasteiger partial charge in [0, 0.05) is 17.6 Å². The van der Waals surface area contributed by atoms with Crippen LogP contribution in [0.25, 0.3) is 0 Å². The lowest BCUT2D eigenvalue weighted by Gasteiger charge is -2.08. The molecule has 0 unspecified atom stereocenters. The summed E-state index contributed by atoms with van der Waals surface area (Å²) in [5, 5.41) is 15.0. The Bertz CT molecular complexity index is 617. The highest BCUT2D eigenvalue weighted by molar-refractivity contribution is 6.33. The van der Waals surface area contributed by atoms with Gasteiger partial charge in [-0.05, 0) is 24.3 Å². The van der Waals surface area contributed by atoms with Gasteiger partial charge in [-0.1, -0.05) is 35.3 Å². The lowest BCUT2D eigenvalue weighted by atomic mass is 10.1. The second-order valence-corrected chi connectivity index (χ2v) is 4.71. The number of rotatable bonds is 4. The molecule has 4 nitrogen and oxygen atoms in total. The summed E-state index contributed by atoms with van der Waals surface area (Å²) in [5.74, 6) is 0. The molecule has 0 spiro atoms. The predicted octanol–water partition coefficient (Wildman–Crippen LogP) is 4.51. The van der Waals surface area contributed by atoms with Gasteiger partial charge in [-0.15, -0.1) is 0 Å². The molecule has 0 aliphatic heterocycles. The highest BCUT2D eigenvalue weighted by Gasteiger charge is 2.13. The summed E-state index contributed by atoms with van der Waals surface area (Å²) in [6.45, 7) is 0.278. The maximum absolute atomic E-state index is 10.9. The average Bonchev–Trinajstić information content (AvgIpc) is 2.37. The zero-order chi connectivity index (χ0) is 13.8. The maximum atomic E-state index is 10.9. The summed E-state index contributed by atoms with van der Waals surface area (Å²) in [7, 11) is 0. The van der Waals surface area contributed by atoms with Crippen LogP contribution in [0, 0.1) is 10.1 Å². The van der Waals surface area contributed by atoms with Gasteiger partial charge >= 0.3 is 0 Å². The van der Waals surface area contributed by atoms with E-state index in [9.17, 15) is 10.1 Å². The molecule has 0 amide bonds. The van der Waals surface area contributed by atoms with Gasteiger partial charge < -0.3 is 5.32 Å². The number of hydrogen-bond acceptors (Lipinski definition) is 3. The van der Waals surface area contributed by atoms with Gasteiger partial charge in [0.15, 0.2) is 0 Å². The Labute approximate surface area is 120 Å². The Morgan fingerprint density at radius 3 is 2.58 bits per heavy atom. The van der Waals surface area contributed by atoms with Crippen molar-refractivity contribution in [1.29, 1.82) is 0 Å². The average molecular weight is 297 g/mol. The standard InChI is InChI=1S/C13H10Cl2N2O2/c14-10-5-6-13(17(18)19)9(7-10)8-16-12-4-2-1-3-11(12)15/h1-7,16H,8H2. The molecule has 19 heavy (non-hydrogen) atoms. The van der Waals surface area contributed by atoms with Crippen LogP contribution in [0.1, 0.15) is 5.56 Å². The molecule has 0 aliphatic rings. The fourth-order valence-electron chi connectivity index (χ4n) is 1.67. The Morgan fingerprint density at radius 1 is 1.16 bits per heavy atom. The van der Waals surface area contributed by atoms with E-state index in [0.29, 0.717) is 15.6 Å². The van der Waals surface area contributed by atoms with E-state index >= 15 is 0 Å². The Balaban J connectivity index is 2.22. The van der Waals surface area contributed by atoms with Gasteiger partial charge in [-0.25, -0.2) is 0 Å². The number of para-hydroxylation sites is 1. The highest BCUT2D eigenvalue weighted by Crippen LogP contribution is 2.25. The van der Waals surface area contributed by atoms with Crippen molar-refractivity contribution in [1.82, 2.24) is 0 Å². The van der Waals surface area contributed by atoms with Crippen molar-refractivity contribution in [2.75, 3.05) is 5.32 Å². The molecule has 0 atom stereocenters. The first kappa shape index (κ1) is 13.6. The normalized spacial score (nSPS) is 10.2. The van der Waals surface area contributed by atoms with Crippen LogP contribution in [0.15, 0.2) is 42.5 Å². The summed E-state index contributed by atoms with van der Waals surface area (Å²) in [5.41, 5.74) is 1.26. The second kappa shape index (κ2) is 5.91. The molecule has 98 valence electrons. The van der Waals surface area contributed by atoms with E-state index < -0.39 is 4.92 Å². The smallest absolute Gasteiger partial charge is 0.274 e. The summed E-state index contributed by atoms with van der Waals surface area (Å²) in [6.07, 6.45) is 0. The van der Waals surface area contributed by atoms with Crippen LogP contribution >= 0.6 is 23.2 Å². The molecular weight excluding hydrogens is 287 g/mol. The summed E-state index contributed by atoms with van der Waals surface area (Å²) in [6, 6.07) is 11.7. The van der Waals surface area contributed by atoms with E-state index in [4.69, 9.17) is 23.2 Å². The number of anilines is 1. The van der Waals surface area contributed by atoms with Crippen LogP contribution in [0.4, 0.5) is 11.4 Å². The van der Waals surface area contributed by atoms with Gasteiger partial charge in [-0.2, -0.15) is 0 Å². The van der Waals surface area contributed by atoms with Crippen LogP contribution in [-0.4, -0.2) is 4.92 Å². The van der Waals surface area contributed by atoms with E-state index in [-0.39, 0.29) is 12.2 Å². The topological polar surface area (TPSA) is 55.2 Å². The van der Waals surface area contributed by atoms with Crippen molar-refractivity contribution in [3.8, 4) is 0 Å². The minimum Gasteiger partial charge on any atom is -0.379 e. The van der Waals surface area contributed by atoms with Crippen LogP contribution in [0.3, 0.4) is 0 Å². The highest BCUT2D eigenvalue weighted by atomic mass is 35.5. The largest absolute Gasteiger partial charge is 0.379 e. The monoisotopic (exact) mass is 296 g/mol. The number of nitro benzene ring substituents is 1. The second-order valence-electron chi connectivity index (χ2n) is 3.86. The van der Waals surface area contributed by atoms with Crippen molar-refractivity contribution in [2.45, 2.75) is 6.54 Å². The number of hydrogen-bond donors (Lipinski definition) is 1. The molecule has 0 saturated heterocycles. The molecule has 0 fully saturated rings. The third-order valence-electron chi connectivity index (χ3n) is 2.58. The minimum absolute atomic E-state index is 0.0314. The fourth-order valence-corrected chi connectivity index (χ4v) is 2.07. The lowest BCUT2D eigenvalue weighted by molar-refractivity contribution is -0.385. The number of halogens is 2. The minimum atomic E-state index is -0.431. The maximum Gasteiger partial charge on any atom is 0.274 e. The molecule has 0 aromatic heterocycles. The van der Waals surface area contributed by atoms with Gasteiger partial charge in [0.1, 0.15) is 0 Å². The molecule has 0 bridgehead atoms. The molecular formula is C13H10Cl2N2O2. The molecule has 0 aliphatic carbocycles. The molecule has 2 aromatic rings. The van der Waals surface area contributed by atoms with Crippen molar-refractivity contribution < 1.29 is 4.92 Å². The van der Waals surface area contributed by atoms with Crippen LogP contribution in [-0.2, 0) is 6.54 Å². The molecule has 2 aromatic carbocycles. The van der Waals surface area contributed by atoms with E-state index in [1.807, 2.05) is 12.1 Å². The van der Waals surface area contributed by atoms with E-state index in [0.717, 1.165) is 5.69 Å². The van der Waals surface area contributed by atoms with Crippen LogP contribution in [0.5, 0.6) is 0 Å². The number of nitrogens with one attached hydrogen (secondary N) is 1. The Kier molecular flexibility index (Phi) is 4.24. The number of nitrogens with zero attached hydrogens (tertiary/aromatic N) is 1. The molecule has 2 rings (SSSR count). The quantitative estimate of drug-likeness (QED) is 0.667. The van der Waals surface area contributed by atoms with Crippen LogP contribution < -0.4 is 5.32 Å². The zero-order valence-corrected chi connectivity index (χ0v) is 11.3. The first-order valence-electron chi connectivity index (χ1n) is 5.49. The summed E-state index contributed by atoms with van der Waals surface area (Å²) < 4.78 is 0. The molecule has 0 saturated carbocycles. The zero-order valence-electron chi connectivity index (χ0n) is 9.77. The van der Waals surface area contributed by atoms with Crippen LogP contribution in [0.2, 0.25) is 10.0 Å². The third-order valence-corrected chi connectivity index (χ3v) is 3.15. The molecule has 0 radical (unpaired) electrons. The van der Waals surface area contributed by atoms with E-state index in [2.05, 4.69) is 5.32 Å². The number of benzene rings is 2. The Hall–Kier alpha value is -1.78. The van der Waals surface area contributed by atoms with Crippen molar-refractivity contribution >= 4 is 34.6 Å². The van der Waals surface area contributed by atoms with Gasteiger partial charge in [0.2, 0.25) is 0 Å². The van der Waals surface area contributed by atoms with E-state index in [1.54, 1.807) is 18.2 Å². The van der Waals surface area contributed by atoms with Gasteiger partial charge in [0.25, 0.3) is 5.69 Å². The number of nitro groups is 1. The van der Waals surface area contributed by atoms with Crippen molar-refractivity contribution in [2.24, 2.45) is 0 Å². The molecule has 0 heterocycles. The first-order valence-corrected chi connectivity index (χ1v) is 6.25. The summed E-state index contributed by atoms with van der Waals surface area (Å²) in [4.78, 5) is 10.5. The predicted molar refractivity (Wildman–Crippen MR) is 76.9 cm³/mol. The summed E-state index contributed by atoms with van der Waals surface area (Å²) >= 11 is 11.9.